The maximum Gasteiger partial charge on any atom is 0.137 e. The minimum atomic E-state index is 0.118. The molecule has 3 heteroatoms. The lowest BCUT2D eigenvalue weighted by Gasteiger charge is -2.18. The molecule has 1 saturated heterocycles. The van der Waals surface area contributed by atoms with E-state index < -0.39 is 0 Å². The highest BCUT2D eigenvalue weighted by Gasteiger charge is 2.22. The molecule has 0 aromatic carbocycles. The lowest BCUT2D eigenvalue weighted by molar-refractivity contribution is -0.117. The van der Waals surface area contributed by atoms with Gasteiger partial charge in [-0.15, -0.1) is 0 Å². The van der Waals surface area contributed by atoms with Gasteiger partial charge in [0.25, 0.3) is 0 Å². The van der Waals surface area contributed by atoms with E-state index in [2.05, 4.69) is 4.90 Å². The van der Waals surface area contributed by atoms with E-state index in [9.17, 15) is 9.59 Å². The molecule has 1 rings (SSSR count). The summed E-state index contributed by atoms with van der Waals surface area (Å²) in [7, 11) is 0. The van der Waals surface area contributed by atoms with Crippen LogP contribution < -0.4 is 0 Å². The second-order valence-electron chi connectivity index (χ2n) is 3.69. The monoisotopic (exact) mass is 183 g/mol. The second kappa shape index (κ2) is 5.12. The Balaban J connectivity index is 2.20. The van der Waals surface area contributed by atoms with E-state index in [0.717, 1.165) is 38.6 Å². The van der Waals surface area contributed by atoms with Crippen molar-refractivity contribution >= 4 is 12.1 Å². The normalized spacial score (nSPS) is 23.3. The van der Waals surface area contributed by atoms with Crippen molar-refractivity contribution in [1.29, 1.82) is 0 Å². The van der Waals surface area contributed by atoms with E-state index in [-0.39, 0.29) is 11.8 Å². The van der Waals surface area contributed by atoms with Crippen molar-refractivity contribution < 1.29 is 9.59 Å². The Bertz CT molecular complexity index is 191. The third kappa shape index (κ3) is 3.27. The van der Waals surface area contributed by atoms with Crippen molar-refractivity contribution in [2.45, 2.75) is 38.6 Å². The topological polar surface area (TPSA) is 37.4 Å². The molecule has 1 heterocycles. The van der Waals surface area contributed by atoms with Gasteiger partial charge in [0.05, 0.1) is 6.04 Å². The third-order valence-corrected chi connectivity index (χ3v) is 2.55. The van der Waals surface area contributed by atoms with Crippen molar-refractivity contribution in [2.24, 2.45) is 0 Å². The summed E-state index contributed by atoms with van der Waals surface area (Å²) in [4.78, 5) is 23.5. The molecule has 13 heavy (non-hydrogen) atoms. The zero-order valence-corrected chi connectivity index (χ0v) is 8.16. The fraction of sp³-hybridized carbons (Fsp3) is 0.800. The van der Waals surface area contributed by atoms with Gasteiger partial charge in [0.1, 0.15) is 12.1 Å². The number of aldehydes is 1. The number of rotatable bonds is 5. The number of carbonyl (C=O) groups excluding carboxylic acids is 2. The van der Waals surface area contributed by atoms with Gasteiger partial charge >= 0.3 is 0 Å². The Morgan fingerprint density at radius 1 is 1.62 bits per heavy atom. The molecule has 0 amide bonds. The number of ketones is 1. The molecule has 1 fully saturated rings. The Morgan fingerprint density at radius 2 is 2.38 bits per heavy atom. The Morgan fingerprint density at radius 3 is 3.00 bits per heavy atom. The number of hydrogen-bond donors (Lipinski definition) is 0. The van der Waals surface area contributed by atoms with Crippen LogP contribution in [0.5, 0.6) is 0 Å². The molecule has 0 spiro atoms. The van der Waals surface area contributed by atoms with Gasteiger partial charge in [-0.05, 0) is 39.3 Å². The summed E-state index contributed by atoms with van der Waals surface area (Å²) in [6.07, 6.45) is 4.66. The van der Waals surface area contributed by atoms with Crippen molar-refractivity contribution in [3.05, 3.63) is 0 Å². The van der Waals surface area contributed by atoms with E-state index >= 15 is 0 Å². The molecular weight excluding hydrogens is 166 g/mol. The standard InChI is InChI=1S/C10H17NO2/c1-9(13)4-2-6-11-7-3-5-10(11)8-12/h8,10H,2-7H2,1H3/t10-/m0/s1. The van der Waals surface area contributed by atoms with Crippen LogP contribution in [0.2, 0.25) is 0 Å². The maximum atomic E-state index is 10.7. The largest absolute Gasteiger partial charge is 0.302 e. The van der Waals surface area contributed by atoms with Gasteiger partial charge in [-0.2, -0.15) is 0 Å². The summed E-state index contributed by atoms with van der Waals surface area (Å²) in [5.74, 6) is 0.238. The molecule has 0 aromatic heterocycles. The molecule has 0 aromatic rings. The van der Waals surface area contributed by atoms with E-state index in [1.54, 1.807) is 6.92 Å². The quantitative estimate of drug-likeness (QED) is 0.597. The molecule has 0 aliphatic carbocycles. The van der Waals surface area contributed by atoms with Crippen LogP contribution in [0.3, 0.4) is 0 Å². The number of Topliss-reactive ketones (excluding diaryl/α,β-unsaturated/α-hetero) is 1. The molecule has 74 valence electrons. The van der Waals surface area contributed by atoms with E-state index in [4.69, 9.17) is 0 Å². The van der Waals surface area contributed by atoms with Gasteiger partial charge in [0, 0.05) is 6.42 Å². The number of carbonyl (C=O) groups is 2. The van der Waals surface area contributed by atoms with Crippen LogP contribution in [0.4, 0.5) is 0 Å². The van der Waals surface area contributed by atoms with Gasteiger partial charge in [0.2, 0.25) is 0 Å². The van der Waals surface area contributed by atoms with Crippen molar-refractivity contribution in [2.75, 3.05) is 13.1 Å². The molecule has 0 unspecified atom stereocenters. The molecule has 0 saturated carbocycles. The van der Waals surface area contributed by atoms with Crippen molar-refractivity contribution in [1.82, 2.24) is 4.90 Å². The summed E-state index contributed by atoms with van der Waals surface area (Å²) in [5.41, 5.74) is 0. The van der Waals surface area contributed by atoms with Gasteiger partial charge < -0.3 is 9.59 Å². The van der Waals surface area contributed by atoms with E-state index in [1.807, 2.05) is 0 Å². The second-order valence-corrected chi connectivity index (χ2v) is 3.69. The summed E-state index contributed by atoms with van der Waals surface area (Å²) >= 11 is 0. The molecule has 3 nitrogen and oxygen atoms in total. The van der Waals surface area contributed by atoms with Gasteiger partial charge in [0.15, 0.2) is 0 Å². The molecule has 0 bridgehead atoms. The maximum absolute atomic E-state index is 10.7. The summed E-state index contributed by atoms with van der Waals surface area (Å²) in [6, 6.07) is 0.118. The number of likely N-dealkylation sites (tertiary alicyclic amines) is 1. The number of hydrogen-bond acceptors (Lipinski definition) is 3. The Labute approximate surface area is 79.1 Å². The van der Waals surface area contributed by atoms with Crippen LogP contribution in [0.15, 0.2) is 0 Å². The van der Waals surface area contributed by atoms with Crippen molar-refractivity contribution in [3.63, 3.8) is 0 Å². The average Bonchev–Trinajstić information content (AvgIpc) is 2.51. The predicted molar refractivity (Wildman–Crippen MR) is 50.6 cm³/mol. The molecular formula is C10H17NO2. The SMILES string of the molecule is CC(=O)CCCN1CCC[C@H]1C=O. The zero-order valence-electron chi connectivity index (χ0n) is 8.16. The molecule has 1 atom stereocenters. The fourth-order valence-electron chi connectivity index (χ4n) is 1.81. The minimum Gasteiger partial charge on any atom is -0.302 e. The van der Waals surface area contributed by atoms with Crippen LogP contribution in [0, 0.1) is 0 Å². The lowest BCUT2D eigenvalue weighted by atomic mass is 10.2. The number of nitrogens with zero attached hydrogens (tertiary/aromatic N) is 1. The zero-order chi connectivity index (χ0) is 9.68. The summed E-state index contributed by atoms with van der Waals surface area (Å²) in [6.45, 7) is 3.52. The predicted octanol–water partition coefficient (Wildman–Crippen LogP) is 1.02. The lowest BCUT2D eigenvalue weighted by Crippen LogP contribution is -2.31. The van der Waals surface area contributed by atoms with E-state index in [0.29, 0.717) is 6.42 Å². The average molecular weight is 183 g/mol. The van der Waals surface area contributed by atoms with Gasteiger partial charge in [-0.25, -0.2) is 0 Å². The summed E-state index contributed by atoms with van der Waals surface area (Å²) < 4.78 is 0. The highest BCUT2D eigenvalue weighted by atomic mass is 16.1. The van der Waals surface area contributed by atoms with Crippen molar-refractivity contribution in [3.8, 4) is 0 Å². The highest BCUT2D eigenvalue weighted by molar-refractivity contribution is 5.75. The van der Waals surface area contributed by atoms with Crippen LogP contribution in [-0.4, -0.2) is 36.1 Å². The first-order valence-electron chi connectivity index (χ1n) is 4.93. The third-order valence-electron chi connectivity index (χ3n) is 2.55. The first kappa shape index (κ1) is 10.4. The first-order valence-corrected chi connectivity index (χ1v) is 4.93. The minimum absolute atomic E-state index is 0.118. The Hall–Kier alpha value is -0.700. The molecule has 0 radical (unpaired) electrons. The van der Waals surface area contributed by atoms with Gasteiger partial charge in [-0.1, -0.05) is 0 Å². The van der Waals surface area contributed by atoms with Crippen LogP contribution >= 0.6 is 0 Å². The van der Waals surface area contributed by atoms with Gasteiger partial charge in [-0.3, -0.25) is 4.90 Å². The Kier molecular flexibility index (Phi) is 4.09. The molecule has 1 aliphatic rings. The summed E-state index contributed by atoms with van der Waals surface area (Å²) in [5, 5.41) is 0. The fourth-order valence-corrected chi connectivity index (χ4v) is 1.81. The first-order chi connectivity index (χ1) is 6.24. The van der Waals surface area contributed by atoms with Crippen LogP contribution in [-0.2, 0) is 9.59 Å². The smallest absolute Gasteiger partial charge is 0.137 e. The van der Waals surface area contributed by atoms with Crippen LogP contribution in [0.25, 0.3) is 0 Å². The molecule has 0 N–H and O–H groups in total. The highest BCUT2D eigenvalue weighted by Crippen LogP contribution is 2.15. The van der Waals surface area contributed by atoms with E-state index in [1.165, 1.54) is 0 Å². The van der Waals surface area contributed by atoms with Crippen LogP contribution in [0.1, 0.15) is 32.6 Å². The molecule has 1 aliphatic heterocycles.